The molecule has 0 bridgehead atoms. The highest BCUT2D eigenvalue weighted by molar-refractivity contribution is 6.35. The molecule has 5 nitrogen and oxygen atoms in total. The van der Waals surface area contributed by atoms with Crippen molar-refractivity contribution in [2.24, 2.45) is 12.0 Å². The zero-order valence-corrected chi connectivity index (χ0v) is 19.3. The molecule has 0 aliphatic heterocycles. The van der Waals surface area contributed by atoms with Crippen LogP contribution in [0.2, 0.25) is 5.02 Å². The minimum Gasteiger partial charge on any atom is -0.406 e. The van der Waals surface area contributed by atoms with Gasteiger partial charge < -0.3 is 19.0 Å². The van der Waals surface area contributed by atoms with Gasteiger partial charge in [-0.05, 0) is 47.5 Å². The fraction of sp³-hybridized carbons (Fsp3) is 0.208. The summed E-state index contributed by atoms with van der Waals surface area (Å²) in [4.78, 5) is 4.49. The Morgan fingerprint density at radius 1 is 0.917 bits per heavy atom. The quantitative estimate of drug-likeness (QED) is 0.307. The summed E-state index contributed by atoms with van der Waals surface area (Å²) in [5.74, 6) is -0.437. The summed E-state index contributed by atoms with van der Waals surface area (Å²) in [5, 5.41) is 9.14. The molecule has 0 fully saturated rings. The number of aryl methyl sites for hydroxylation is 1. The lowest BCUT2D eigenvalue weighted by molar-refractivity contribution is -0.274. The largest absolute Gasteiger partial charge is 0.573 e. The molecule has 0 saturated heterocycles. The van der Waals surface area contributed by atoms with Gasteiger partial charge in [-0.2, -0.15) is 13.2 Å². The van der Waals surface area contributed by atoms with E-state index in [-0.39, 0.29) is 35.0 Å². The van der Waals surface area contributed by atoms with E-state index >= 15 is 0 Å². The third-order valence-corrected chi connectivity index (χ3v) is 5.67. The van der Waals surface area contributed by atoms with Crippen LogP contribution in [0.15, 0.2) is 65.7 Å². The minimum atomic E-state index is -4.85. The second-order valence-electron chi connectivity index (χ2n) is 7.90. The zero-order chi connectivity index (χ0) is 26.3. The number of hydrogen-bond donors (Lipinski definition) is 1. The first-order valence-corrected chi connectivity index (χ1v) is 10.8. The van der Waals surface area contributed by atoms with E-state index in [1.807, 2.05) is 0 Å². The van der Waals surface area contributed by atoms with Crippen molar-refractivity contribution in [2.45, 2.75) is 25.7 Å². The first kappa shape index (κ1) is 25.6. The summed E-state index contributed by atoms with van der Waals surface area (Å²) in [6.07, 6.45) is -9.49. The van der Waals surface area contributed by atoms with Gasteiger partial charge in [0.2, 0.25) is 5.62 Å². The summed E-state index contributed by atoms with van der Waals surface area (Å²) < 4.78 is 84.9. The first-order valence-electron chi connectivity index (χ1n) is 10.4. The number of hydrogen-bond acceptors (Lipinski definition) is 3. The predicted octanol–water partition coefficient (Wildman–Crippen LogP) is 6.32. The maximum Gasteiger partial charge on any atom is 0.573 e. The number of rotatable bonds is 5. The van der Waals surface area contributed by atoms with Crippen LogP contribution in [-0.4, -0.2) is 20.6 Å². The van der Waals surface area contributed by atoms with E-state index in [2.05, 4.69) is 9.73 Å². The summed E-state index contributed by atoms with van der Waals surface area (Å²) in [7, 11) is 1.58. The van der Waals surface area contributed by atoms with E-state index in [1.165, 1.54) is 21.3 Å². The first-order chi connectivity index (χ1) is 16.9. The number of benzene rings is 3. The standard InChI is InChI=1S/C24H18ClF6N3O2/c1-33-21-19(25)10-16(23(26,27)28)11-20(21)34(12-14-2-4-15(13-35)5-3-14)22(33)32-17-6-8-18(9-7-17)36-24(29,30)31/h2-11,35H,12-13H2,1H3. The van der Waals surface area contributed by atoms with E-state index in [0.717, 1.165) is 24.3 Å². The highest BCUT2D eigenvalue weighted by Crippen LogP contribution is 2.35. The summed E-state index contributed by atoms with van der Waals surface area (Å²) >= 11 is 6.26. The lowest BCUT2D eigenvalue weighted by Crippen LogP contribution is -2.24. The van der Waals surface area contributed by atoms with Crippen LogP contribution in [0.1, 0.15) is 16.7 Å². The number of aliphatic hydroxyl groups is 1. The van der Waals surface area contributed by atoms with Gasteiger partial charge in [0.25, 0.3) is 0 Å². The Hall–Kier alpha value is -3.44. The van der Waals surface area contributed by atoms with Crippen LogP contribution in [-0.2, 0) is 26.4 Å². The zero-order valence-electron chi connectivity index (χ0n) is 18.5. The minimum absolute atomic E-state index is 0.106. The molecule has 4 aromatic rings. The van der Waals surface area contributed by atoms with Gasteiger partial charge in [0.05, 0.1) is 40.5 Å². The van der Waals surface area contributed by atoms with Crippen molar-refractivity contribution < 1.29 is 36.2 Å². The van der Waals surface area contributed by atoms with Gasteiger partial charge in [-0.3, -0.25) is 0 Å². The van der Waals surface area contributed by atoms with Crippen LogP contribution in [0.5, 0.6) is 5.75 Å². The third-order valence-electron chi connectivity index (χ3n) is 5.38. The van der Waals surface area contributed by atoms with E-state index < -0.39 is 23.9 Å². The second kappa shape index (κ2) is 9.55. The van der Waals surface area contributed by atoms with Gasteiger partial charge in [0.15, 0.2) is 0 Å². The van der Waals surface area contributed by atoms with Gasteiger partial charge >= 0.3 is 12.5 Å². The Kier molecular flexibility index (Phi) is 6.80. The molecule has 36 heavy (non-hydrogen) atoms. The number of halogens is 7. The number of alkyl halides is 6. The lowest BCUT2D eigenvalue weighted by atomic mass is 10.1. The van der Waals surface area contributed by atoms with Crippen LogP contribution in [0, 0.1) is 0 Å². The molecule has 0 unspecified atom stereocenters. The molecule has 0 radical (unpaired) electrons. The molecule has 1 aromatic heterocycles. The monoisotopic (exact) mass is 529 g/mol. The van der Waals surface area contributed by atoms with Crippen LogP contribution in [0.3, 0.4) is 0 Å². The van der Waals surface area contributed by atoms with Crippen LogP contribution in [0.25, 0.3) is 11.0 Å². The lowest BCUT2D eigenvalue weighted by Gasteiger charge is -2.10. The summed E-state index contributed by atoms with van der Waals surface area (Å²) in [5.41, 5.74) is 1.36. The van der Waals surface area contributed by atoms with E-state index in [0.29, 0.717) is 16.6 Å². The molecule has 0 aliphatic carbocycles. The Morgan fingerprint density at radius 2 is 1.53 bits per heavy atom. The summed E-state index contributed by atoms with van der Waals surface area (Å²) in [6.45, 7) is -0.0599. The smallest absolute Gasteiger partial charge is 0.406 e. The molecule has 12 heteroatoms. The van der Waals surface area contributed by atoms with Crippen LogP contribution >= 0.6 is 11.6 Å². The molecule has 0 saturated carbocycles. The Morgan fingerprint density at radius 3 is 2.08 bits per heavy atom. The molecular formula is C24H18ClF6N3O2. The SMILES string of the molecule is Cn1c(=Nc2ccc(OC(F)(F)F)cc2)n(Cc2ccc(CO)cc2)c2cc(C(F)(F)F)cc(Cl)c21. The van der Waals surface area contributed by atoms with Crippen molar-refractivity contribution >= 4 is 28.3 Å². The molecule has 0 amide bonds. The van der Waals surface area contributed by atoms with Crippen LogP contribution < -0.4 is 10.4 Å². The van der Waals surface area contributed by atoms with E-state index in [1.54, 1.807) is 31.3 Å². The van der Waals surface area contributed by atoms with Gasteiger partial charge in [-0.15, -0.1) is 13.2 Å². The van der Waals surface area contributed by atoms with E-state index in [4.69, 9.17) is 11.6 Å². The van der Waals surface area contributed by atoms with Gasteiger partial charge in [0.1, 0.15) is 5.75 Å². The van der Waals surface area contributed by atoms with Crippen molar-refractivity contribution in [3.63, 3.8) is 0 Å². The van der Waals surface area contributed by atoms with E-state index in [9.17, 15) is 31.4 Å². The second-order valence-corrected chi connectivity index (χ2v) is 8.30. The summed E-state index contributed by atoms with van der Waals surface area (Å²) in [6, 6.07) is 13.4. The van der Waals surface area contributed by atoms with Crippen molar-refractivity contribution in [1.29, 1.82) is 0 Å². The number of ether oxygens (including phenoxy) is 1. The number of aromatic nitrogens is 2. The number of fused-ring (bicyclic) bond motifs is 1. The molecule has 190 valence electrons. The fourth-order valence-corrected chi connectivity index (χ4v) is 4.08. The van der Waals surface area contributed by atoms with Crippen LogP contribution in [0.4, 0.5) is 32.0 Å². The maximum absolute atomic E-state index is 13.5. The number of nitrogens with zero attached hydrogens (tertiary/aromatic N) is 3. The highest BCUT2D eigenvalue weighted by Gasteiger charge is 2.33. The van der Waals surface area contributed by atoms with Gasteiger partial charge in [0, 0.05) is 7.05 Å². The molecular weight excluding hydrogens is 512 g/mol. The maximum atomic E-state index is 13.5. The van der Waals surface area contributed by atoms with Gasteiger partial charge in [-0.1, -0.05) is 35.9 Å². The molecule has 3 aromatic carbocycles. The van der Waals surface area contributed by atoms with Crippen molar-refractivity contribution in [3.05, 3.63) is 88.0 Å². The molecule has 1 N–H and O–H groups in total. The molecule has 0 aliphatic rings. The molecule has 4 rings (SSSR count). The Labute approximate surface area is 205 Å². The fourth-order valence-electron chi connectivity index (χ4n) is 3.74. The van der Waals surface area contributed by atoms with Gasteiger partial charge in [-0.25, -0.2) is 4.99 Å². The normalized spacial score (nSPS) is 13.0. The van der Waals surface area contributed by atoms with Crippen molar-refractivity contribution in [2.75, 3.05) is 0 Å². The average molecular weight is 530 g/mol. The molecule has 1 heterocycles. The highest BCUT2D eigenvalue weighted by atomic mass is 35.5. The Bertz CT molecular complexity index is 1450. The number of aliphatic hydroxyl groups excluding tert-OH is 1. The number of imidazole rings is 1. The van der Waals surface area contributed by atoms with Crippen molar-refractivity contribution in [3.8, 4) is 5.75 Å². The third kappa shape index (κ3) is 5.52. The average Bonchev–Trinajstić information content (AvgIpc) is 3.05. The predicted molar refractivity (Wildman–Crippen MR) is 121 cm³/mol. The topological polar surface area (TPSA) is 51.7 Å². The molecule has 0 atom stereocenters. The Balaban J connectivity index is 1.91. The molecule has 0 spiro atoms. The van der Waals surface area contributed by atoms with Crippen molar-refractivity contribution in [1.82, 2.24) is 9.13 Å².